The maximum Gasteiger partial charge on any atom is 0.326 e. The van der Waals surface area contributed by atoms with E-state index in [1.165, 1.54) is 4.90 Å². The number of nitrogens with one attached hydrogen (secondary N) is 1. The van der Waals surface area contributed by atoms with E-state index in [2.05, 4.69) is 10.3 Å². The number of rotatable bonds is 3. The standard InChI is InChI=1S/C13H17N3O3/c1-9-4-6-16(11(9)12(17)18)13(19)15-8-10-3-2-5-14-7-10/h2-3,5,7,9,11H,4,6,8H2,1H3,(H,15,19)(H,17,18). The summed E-state index contributed by atoms with van der Waals surface area (Å²) in [4.78, 5) is 28.5. The number of carboxylic acid groups (broad SMARTS) is 1. The molecule has 2 unspecified atom stereocenters. The van der Waals surface area contributed by atoms with Crippen LogP contribution in [0.3, 0.4) is 0 Å². The first-order valence-corrected chi connectivity index (χ1v) is 6.26. The van der Waals surface area contributed by atoms with E-state index in [1.807, 2.05) is 13.0 Å². The Morgan fingerprint density at radius 2 is 2.37 bits per heavy atom. The zero-order valence-electron chi connectivity index (χ0n) is 10.7. The van der Waals surface area contributed by atoms with Crippen molar-refractivity contribution in [1.82, 2.24) is 15.2 Å². The number of carbonyl (C=O) groups excluding carboxylic acids is 1. The van der Waals surface area contributed by atoms with Crippen molar-refractivity contribution in [1.29, 1.82) is 0 Å². The van der Waals surface area contributed by atoms with Crippen LogP contribution >= 0.6 is 0 Å². The average Bonchev–Trinajstić information content (AvgIpc) is 2.79. The zero-order valence-corrected chi connectivity index (χ0v) is 10.7. The van der Waals surface area contributed by atoms with Gasteiger partial charge in [-0.15, -0.1) is 0 Å². The number of pyridine rings is 1. The minimum absolute atomic E-state index is 0.0124. The van der Waals surface area contributed by atoms with Gasteiger partial charge < -0.3 is 15.3 Å². The van der Waals surface area contributed by atoms with Gasteiger partial charge in [0.2, 0.25) is 0 Å². The van der Waals surface area contributed by atoms with E-state index in [1.54, 1.807) is 18.5 Å². The molecule has 102 valence electrons. The lowest BCUT2D eigenvalue weighted by molar-refractivity contribution is -0.142. The predicted molar refractivity (Wildman–Crippen MR) is 68.4 cm³/mol. The molecule has 2 rings (SSSR count). The first kappa shape index (κ1) is 13.3. The minimum atomic E-state index is -0.943. The summed E-state index contributed by atoms with van der Waals surface area (Å²) in [5.41, 5.74) is 0.884. The lowest BCUT2D eigenvalue weighted by atomic mass is 10.0. The lowest BCUT2D eigenvalue weighted by Gasteiger charge is -2.23. The molecule has 6 nitrogen and oxygen atoms in total. The molecule has 2 N–H and O–H groups in total. The second-order valence-corrected chi connectivity index (χ2v) is 4.76. The highest BCUT2D eigenvalue weighted by atomic mass is 16.4. The van der Waals surface area contributed by atoms with Gasteiger partial charge in [0.25, 0.3) is 0 Å². The number of aliphatic carboxylic acids is 1. The van der Waals surface area contributed by atoms with Crippen LogP contribution in [0.25, 0.3) is 0 Å². The number of hydrogen-bond acceptors (Lipinski definition) is 3. The van der Waals surface area contributed by atoms with E-state index in [4.69, 9.17) is 5.11 Å². The second kappa shape index (κ2) is 5.69. The maximum absolute atomic E-state index is 12.0. The Labute approximate surface area is 111 Å². The largest absolute Gasteiger partial charge is 0.480 e. The van der Waals surface area contributed by atoms with E-state index >= 15 is 0 Å². The summed E-state index contributed by atoms with van der Waals surface area (Å²) < 4.78 is 0. The fourth-order valence-corrected chi connectivity index (χ4v) is 2.33. The van der Waals surface area contributed by atoms with E-state index < -0.39 is 12.0 Å². The summed E-state index contributed by atoms with van der Waals surface area (Å²) in [5, 5.41) is 11.9. The summed E-state index contributed by atoms with van der Waals surface area (Å²) in [6, 6.07) is 2.59. The maximum atomic E-state index is 12.0. The van der Waals surface area contributed by atoms with E-state index in [9.17, 15) is 9.59 Å². The van der Waals surface area contributed by atoms with Gasteiger partial charge in [-0.2, -0.15) is 0 Å². The molecular weight excluding hydrogens is 246 g/mol. The third kappa shape index (κ3) is 3.01. The Kier molecular flexibility index (Phi) is 3.99. The van der Waals surface area contributed by atoms with Crippen LogP contribution in [0.4, 0.5) is 4.79 Å². The highest BCUT2D eigenvalue weighted by molar-refractivity contribution is 5.83. The SMILES string of the molecule is CC1CCN(C(=O)NCc2cccnc2)C1C(=O)O. The first-order valence-electron chi connectivity index (χ1n) is 6.26. The summed E-state index contributed by atoms with van der Waals surface area (Å²) in [5.74, 6) is -0.955. The molecule has 2 atom stereocenters. The van der Waals surface area contributed by atoms with Crippen LogP contribution in [0.1, 0.15) is 18.9 Å². The van der Waals surface area contributed by atoms with Crippen molar-refractivity contribution in [3.8, 4) is 0 Å². The Balaban J connectivity index is 1.95. The van der Waals surface area contributed by atoms with Crippen LogP contribution in [-0.2, 0) is 11.3 Å². The molecule has 2 heterocycles. The van der Waals surface area contributed by atoms with E-state index in [-0.39, 0.29) is 11.9 Å². The van der Waals surface area contributed by atoms with Crippen molar-refractivity contribution < 1.29 is 14.7 Å². The molecule has 0 spiro atoms. The van der Waals surface area contributed by atoms with Gasteiger partial charge in [0, 0.05) is 25.5 Å². The molecule has 0 radical (unpaired) electrons. The van der Waals surface area contributed by atoms with Gasteiger partial charge in [0.1, 0.15) is 6.04 Å². The predicted octanol–water partition coefficient (Wildman–Crippen LogP) is 1.09. The summed E-state index contributed by atoms with van der Waals surface area (Å²) >= 11 is 0. The normalized spacial score (nSPS) is 22.3. The number of carbonyl (C=O) groups is 2. The second-order valence-electron chi connectivity index (χ2n) is 4.76. The monoisotopic (exact) mass is 263 g/mol. The first-order chi connectivity index (χ1) is 9.09. The van der Waals surface area contributed by atoms with Crippen LogP contribution in [0.5, 0.6) is 0 Å². The van der Waals surface area contributed by atoms with Gasteiger partial charge in [-0.05, 0) is 24.0 Å². The molecule has 1 fully saturated rings. The third-order valence-electron chi connectivity index (χ3n) is 3.38. The van der Waals surface area contributed by atoms with Crippen molar-refractivity contribution >= 4 is 12.0 Å². The molecule has 1 aromatic rings. The lowest BCUT2D eigenvalue weighted by Crippen LogP contribution is -2.47. The van der Waals surface area contributed by atoms with Crippen LogP contribution < -0.4 is 5.32 Å². The number of hydrogen-bond donors (Lipinski definition) is 2. The Bertz CT molecular complexity index is 463. The molecular formula is C13H17N3O3. The fraction of sp³-hybridized carbons (Fsp3) is 0.462. The van der Waals surface area contributed by atoms with Crippen molar-refractivity contribution in [3.63, 3.8) is 0 Å². The van der Waals surface area contributed by atoms with Gasteiger partial charge in [0.05, 0.1) is 0 Å². The molecule has 0 aromatic carbocycles. The van der Waals surface area contributed by atoms with Gasteiger partial charge in [-0.1, -0.05) is 13.0 Å². The number of amides is 2. The smallest absolute Gasteiger partial charge is 0.326 e. The minimum Gasteiger partial charge on any atom is -0.480 e. The molecule has 0 aliphatic carbocycles. The highest BCUT2D eigenvalue weighted by Crippen LogP contribution is 2.24. The van der Waals surface area contributed by atoms with Crippen molar-refractivity contribution in [2.45, 2.75) is 25.9 Å². The molecule has 6 heteroatoms. The summed E-state index contributed by atoms with van der Waals surface area (Å²) in [6.45, 7) is 2.69. The molecule has 1 saturated heterocycles. The summed E-state index contributed by atoms with van der Waals surface area (Å²) in [6.07, 6.45) is 4.05. The number of urea groups is 1. The number of carboxylic acids is 1. The topological polar surface area (TPSA) is 82.5 Å². The van der Waals surface area contributed by atoms with E-state index in [0.717, 1.165) is 12.0 Å². The Hall–Kier alpha value is -2.11. The molecule has 1 aromatic heterocycles. The van der Waals surface area contributed by atoms with Crippen molar-refractivity contribution in [2.75, 3.05) is 6.54 Å². The van der Waals surface area contributed by atoms with Crippen molar-refractivity contribution in [3.05, 3.63) is 30.1 Å². The Morgan fingerprint density at radius 1 is 1.58 bits per heavy atom. The summed E-state index contributed by atoms with van der Waals surface area (Å²) in [7, 11) is 0. The molecule has 0 bridgehead atoms. The third-order valence-corrected chi connectivity index (χ3v) is 3.38. The van der Waals surface area contributed by atoms with Gasteiger partial charge in [-0.25, -0.2) is 9.59 Å². The van der Waals surface area contributed by atoms with E-state index in [0.29, 0.717) is 13.1 Å². The molecule has 0 saturated carbocycles. The van der Waals surface area contributed by atoms with Gasteiger partial charge in [-0.3, -0.25) is 4.98 Å². The number of aromatic nitrogens is 1. The molecule has 1 aliphatic rings. The molecule has 2 amide bonds. The highest BCUT2D eigenvalue weighted by Gasteiger charge is 2.39. The van der Waals surface area contributed by atoms with Crippen LogP contribution in [0.2, 0.25) is 0 Å². The van der Waals surface area contributed by atoms with Crippen LogP contribution in [-0.4, -0.2) is 39.6 Å². The average molecular weight is 263 g/mol. The molecule has 1 aliphatic heterocycles. The number of likely N-dealkylation sites (tertiary alicyclic amines) is 1. The molecule has 19 heavy (non-hydrogen) atoms. The number of nitrogens with zero attached hydrogens (tertiary/aromatic N) is 2. The van der Waals surface area contributed by atoms with Gasteiger partial charge in [0.15, 0.2) is 0 Å². The van der Waals surface area contributed by atoms with Crippen molar-refractivity contribution in [2.24, 2.45) is 5.92 Å². The quantitative estimate of drug-likeness (QED) is 0.855. The fourth-order valence-electron chi connectivity index (χ4n) is 2.33. The zero-order chi connectivity index (χ0) is 13.8. The van der Waals surface area contributed by atoms with Crippen LogP contribution in [0, 0.1) is 5.92 Å². The Morgan fingerprint density at radius 3 is 3.00 bits per heavy atom. The van der Waals surface area contributed by atoms with Crippen LogP contribution in [0.15, 0.2) is 24.5 Å². The van der Waals surface area contributed by atoms with Gasteiger partial charge >= 0.3 is 12.0 Å².